The predicted molar refractivity (Wildman–Crippen MR) is 86.2 cm³/mol. The number of H-pyrrole nitrogens is 1. The Morgan fingerprint density at radius 3 is 2.83 bits per heavy atom. The van der Waals surface area contributed by atoms with Gasteiger partial charge >= 0.3 is 5.97 Å². The van der Waals surface area contributed by atoms with Gasteiger partial charge in [-0.2, -0.15) is 5.10 Å². The fourth-order valence-corrected chi connectivity index (χ4v) is 4.48. The summed E-state index contributed by atoms with van der Waals surface area (Å²) in [7, 11) is -1.56. The number of sulfone groups is 1. The van der Waals surface area contributed by atoms with Crippen LogP contribution >= 0.6 is 0 Å². The van der Waals surface area contributed by atoms with Gasteiger partial charge in [0.2, 0.25) is 0 Å². The Labute approximate surface area is 138 Å². The van der Waals surface area contributed by atoms with E-state index in [4.69, 9.17) is 4.74 Å². The van der Waals surface area contributed by atoms with Crippen molar-refractivity contribution < 1.29 is 22.7 Å². The second kappa shape index (κ2) is 6.23. The number of aromatic amines is 1. The van der Waals surface area contributed by atoms with Crippen molar-refractivity contribution in [2.75, 3.05) is 25.2 Å². The van der Waals surface area contributed by atoms with Crippen LogP contribution in [0.4, 0.5) is 0 Å². The molecule has 1 aromatic carbocycles. The molecule has 8 nitrogen and oxygen atoms in total. The molecule has 3 rings (SSSR count). The van der Waals surface area contributed by atoms with Gasteiger partial charge in [-0.3, -0.25) is 9.89 Å². The van der Waals surface area contributed by atoms with Crippen molar-refractivity contribution in [1.82, 2.24) is 15.1 Å². The molecule has 0 aliphatic carbocycles. The quantitative estimate of drug-likeness (QED) is 0.797. The number of ether oxygens (including phenoxy) is 1. The minimum absolute atomic E-state index is 0.0484. The van der Waals surface area contributed by atoms with Crippen LogP contribution in [0.1, 0.15) is 16.9 Å². The average Bonchev–Trinajstić information content (AvgIpc) is 3.14. The zero-order valence-electron chi connectivity index (χ0n) is 13.1. The molecule has 1 saturated heterocycles. The zero-order chi connectivity index (χ0) is 17.3. The van der Waals surface area contributed by atoms with Gasteiger partial charge in [0, 0.05) is 18.5 Å². The van der Waals surface area contributed by atoms with Crippen molar-refractivity contribution in [2.24, 2.45) is 0 Å². The summed E-state index contributed by atoms with van der Waals surface area (Å²) in [6.45, 7) is -0.451. The first-order valence-corrected chi connectivity index (χ1v) is 9.26. The molecule has 1 aliphatic heterocycles. The standard InChI is InChI=1S/C15H17N3O5S/c1-18(10-6-7-24(21,22)9-10)13(19)8-23-15(20)14-11-4-2-3-5-12(11)16-17-14/h2-5,10H,6-9H2,1H3,(H,16,17)/t10-/m0/s1. The number of para-hydroxylation sites is 1. The van der Waals surface area contributed by atoms with E-state index in [2.05, 4.69) is 10.2 Å². The Morgan fingerprint density at radius 2 is 2.12 bits per heavy atom. The second-order valence-electron chi connectivity index (χ2n) is 5.76. The van der Waals surface area contributed by atoms with E-state index in [0.29, 0.717) is 17.3 Å². The Bertz CT molecular complexity index is 889. The fraction of sp³-hybridized carbons (Fsp3) is 0.400. The van der Waals surface area contributed by atoms with Gasteiger partial charge in [-0.15, -0.1) is 0 Å². The van der Waals surface area contributed by atoms with Crippen molar-refractivity contribution in [3.63, 3.8) is 0 Å². The van der Waals surface area contributed by atoms with E-state index < -0.39 is 28.3 Å². The monoisotopic (exact) mass is 351 g/mol. The summed E-state index contributed by atoms with van der Waals surface area (Å²) in [6, 6.07) is 6.72. The van der Waals surface area contributed by atoms with Gasteiger partial charge in [0.1, 0.15) is 0 Å². The molecule has 0 unspecified atom stereocenters. The van der Waals surface area contributed by atoms with Gasteiger partial charge in [-0.1, -0.05) is 18.2 Å². The van der Waals surface area contributed by atoms with Crippen molar-refractivity contribution in [2.45, 2.75) is 12.5 Å². The van der Waals surface area contributed by atoms with Gasteiger partial charge in [0.25, 0.3) is 5.91 Å². The van der Waals surface area contributed by atoms with E-state index in [9.17, 15) is 18.0 Å². The molecule has 1 aliphatic rings. The Morgan fingerprint density at radius 1 is 1.38 bits per heavy atom. The van der Waals surface area contributed by atoms with Gasteiger partial charge in [0.15, 0.2) is 22.1 Å². The lowest BCUT2D eigenvalue weighted by Gasteiger charge is -2.23. The van der Waals surface area contributed by atoms with Crippen LogP contribution in [0.15, 0.2) is 24.3 Å². The molecule has 1 aromatic heterocycles. The molecule has 1 fully saturated rings. The van der Waals surface area contributed by atoms with E-state index in [1.807, 2.05) is 6.07 Å². The van der Waals surface area contributed by atoms with Crippen LogP contribution in [-0.2, 0) is 19.4 Å². The molecule has 2 heterocycles. The van der Waals surface area contributed by atoms with Gasteiger partial charge in [-0.25, -0.2) is 13.2 Å². The van der Waals surface area contributed by atoms with Crippen LogP contribution < -0.4 is 0 Å². The molecule has 1 amide bonds. The molecular weight excluding hydrogens is 334 g/mol. The van der Waals surface area contributed by atoms with Crippen LogP contribution in [0.5, 0.6) is 0 Å². The molecule has 9 heteroatoms. The number of carbonyl (C=O) groups is 2. The third-order valence-corrected chi connectivity index (χ3v) is 5.89. The second-order valence-corrected chi connectivity index (χ2v) is 7.98. The minimum atomic E-state index is -3.08. The largest absolute Gasteiger partial charge is 0.451 e. The molecule has 0 radical (unpaired) electrons. The number of nitrogens with zero attached hydrogens (tertiary/aromatic N) is 2. The number of amides is 1. The maximum Gasteiger partial charge on any atom is 0.359 e. The molecule has 0 saturated carbocycles. The summed E-state index contributed by atoms with van der Waals surface area (Å²) < 4.78 is 28.0. The number of hydrogen-bond acceptors (Lipinski definition) is 6. The Hall–Kier alpha value is -2.42. The van der Waals surface area contributed by atoms with E-state index in [1.165, 1.54) is 11.9 Å². The summed E-state index contributed by atoms with van der Waals surface area (Å²) in [6.07, 6.45) is 0.405. The van der Waals surface area contributed by atoms with Crippen LogP contribution in [0.2, 0.25) is 0 Å². The lowest BCUT2D eigenvalue weighted by atomic mass is 10.2. The van der Waals surface area contributed by atoms with E-state index in [-0.39, 0.29) is 23.2 Å². The maximum atomic E-state index is 12.1. The number of carbonyl (C=O) groups excluding carboxylic acids is 2. The highest BCUT2D eigenvalue weighted by Gasteiger charge is 2.33. The lowest BCUT2D eigenvalue weighted by Crippen LogP contribution is -2.40. The van der Waals surface area contributed by atoms with E-state index >= 15 is 0 Å². The number of fused-ring (bicyclic) bond motifs is 1. The highest BCUT2D eigenvalue weighted by Crippen LogP contribution is 2.18. The first-order valence-electron chi connectivity index (χ1n) is 7.44. The van der Waals surface area contributed by atoms with Gasteiger partial charge < -0.3 is 9.64 Å². The third kappa shape index (κ3) is 3.25. The molecule has 0 spiro atoms. The van der Waals surface area contributed by atoms with E-state index in [0.717, 1.165) is 0 Å². The van der Waals surface area contributed by atoms with Crippen LogP contribution in [0.3, 0.4) is 0 Å². The number of aromatic nitrogens is 2. The number of rotatable bonds is 4. The van der Waals surface area contributed by atoms with Crippen molar-refractivity contribution in [1.29, 1.82) is 0 Å². The van der Waals surface area contributed by atoms with Crippen LogP contribution in [-0.4, -0.2) is 66.6 Å². The molecule has 24 heavy (non-hydrogen) atoms. The summed E-state index contributed by atoms with van der Waals surface area (Å²) in [4.78, 5) is 25.5. The smallest absolute Gasteiger partial charge is 0.359 e. The number of esters is 1. The molecule has 0 bridgehead atoms. The topological polar surface area (TPSA) is 109 Å². The van der Waals surface area contributed by atoms with Crippen LogP contribution in [0, 0.1) is 0 Å². The molecule has 128 valence electrons. The Kier molecular flexibility index (Phi) is 4.27. The molecule has 1 atom stereocenters. The zero-order valence-corrected chi connectivity index (χ0v) is 13.9. The molecular formula is C15H17N3O5S. The fourth-order valence-electron chi connectivity index (χ4n) is 2.70. The number of nitrogens with one attached hydrogen (secondary N) is 1. The number of hydrogen-bond donors (Lipinski definition) is 1. The van der Waals surface area contributed by atoms with Gasteiger partial charge in [0.05, 0.1) is 17.0 Å². The first-order chi connectivity index (χ1) is 11.4. The predicted octanol–water partition coefficient (Wildman–Crippen LogP) is 0.365. The highest BCUT2D eigenvalue weighted by molar-refractivity contribution is 7.91. The van der Waals surface area contributed by atoms with Gasteiger partial charge in [-0.05, 0) is 12.5 Å². The van der Waals surface area contributed by atoms with Crippen LogP contribution in [0.25, 0.3) is 10.9 Å². The van der Waals surface area contributed by atoms with Crippen molar-refractivity contribution in [3.05, 3.63) is 30.0 Å². The summed E-state index contributed by atoms with van der Waals surface area (Å²) in [5, 5.41) is 7.25. The Balaban J connectivity index is 1.61. The SMILES string of the molecule is CN(C(=O)COC(=O)c1n[nH]c2ccccc12)[C@H]1CCS(=O)(=O)C1. The number of likely N-dealkylation sites (N-methyl/N-ethyl adjacent to an activating group) is 1. The van der Waals surface area contributed by atoms with E-state index in [1.54, 1.807) is 18.2 Å². The third-order valence-electron chi connectivity index (χ3n) is 4.14. The highest BCUT2D eigenvalue weighted by atomic mass is 32.2. The summed E-state index contributed by atoms with van der Waals surface area (Å²) in [5.41, 5.74) is 0.813. The minimum Gasteiger partial charge on any atom is -0.451 e. The normalized spacial score (nSPS) is 19.3. The summed E-state index contributed by atoms with van der Waals surface area (Å²) in [5.74, 6) is -1.11. The molecule has 2 aromatic rings. The first kappa shape index (κ1) is 16.4. The van der Waals surface area contributed by atoms with Crippen molar-refractivity contribution >= 4 is 32.6 Å². The summed E-state index contributed by atoms with van der Waals surface area (Å²) >= 11 is 0. The maximum absolute atomic E-state index is 12.1. The molecule has 1 N–H and O–H groups in total. The average molecular weight is 351 g/mol. The van der Waals surface area contributed by atoms with Crippen molar-refractivity contribution in [3.8, 4) is 0 Å². The lowest BCUT2D eigenvalue weighted by molar-refractivity contribution is -0.134. The number of benzene rings is 1.